The minimum atomic E-state index is -1.09. The number of thiophene rings is 1. The normalized spacial score (nSPS) is 11.8. The van der Waals surface area contributed by atoms with Crippen LogP contribution in [0.2, 0.25) is 0 Å². The van der Waals surface area contributed by atoms with Crippen LogP contribution in [0.3, 0.4) is 0 Å². The highest BCUT2D eigenvalue weighted by atomic mass is 32.1. The standard InChI is InChI=1S/C19H21NO4S/c1-12-10-15(13(2)25-12)17(21)8-9-18(22)20-16(19(23)24)11-14-6-4-3-5-7-14/h3-7,10,16H,8-9,11H2,1-2H3,(H,20,22)(H,23,24)/t16-/m1/s1. The molecule has 132 valence electrons. The predicted molar refractivity (Wildman–Crippen MR) is 97.1 cm³/mol. The van der Waals surface area contributed by atoms with Crippen LogP contribution in [0.25, 0.3) is 0 Å². The number of carbonyl (C=O) groups excluding carboxylic acids is 2. The summed E-state index contributed by atoms with van der Waals surface area (Å²) in [6, 6.07) is 9.93. The lowest BCUT2D eigenvalue weighted by Crippen LogP contribution is -2.42. The van der Waals surface area contributed by atoms with Crippen LogP contribution >= 0.6 is 11.3 Å². The summed E-state index contributed by atoms with van der Waals surface area (Å²) >= 11 is 1.55. The summed E-state index contributed by atoms with van der Waals surface area (Å²) in [4.78, 5) is 37.6. The lowest BCUT2D eigenvalue weighted by molar-refractivity contribution is -0.141. The molecular formula is C19H21NO4S. The van der Waals surface area contributed by atoms with Crippen LogP contribution in [0, 0.1) is 13.8 Å². The molecule has 0 spiro atoms. The molecule has 1 aromatic carbocycles. The predicted octanol–water partition coefficient (Wildman–Crippen LogP) is 3.14. The van der Waals surface area contributed by atoms with E-state index in [0.29, 0.717) is 5.56 Å². The Kier molecular flexibility index (Phi) is 6.47. The summed E-state index contributed by atoms with van der Waals surface area (Å²) in [5.41, 5.74) is 1.48. The zero-order valence-corrected chi connectivity index (χ0v) is 15.1. The largest absolute Gasteiger partial charge is 0.480 e. The number of benzene rings is 1. The van der Waals surface area contributed by atoms with Crippen LogP contribution in [-0.4, -0.2) is 28.8 Å². The minimum Gasteiger partial charge on any atom is -0.480 e. The molecule has 1 heterocycles. The number of rotatable bonds is 8. The molecule has 0 fully saturated rings. The van der Waals surface area contributed by atoms with Gasteiger partial charge in [0.2, 0.25) is 5.91 Å². The van der Waals surface area contributed by atoms with Crippen molar-refractivity contribution in [3.63, 3.8) is 0 Å². The summed E-state index contributed by atoms with van der Waals surface area (Å²) in [5.74, 6) is -1.61. The van der Waals surface area contributed by atoms with Crippen molar-refractivity contribution in [2.24, 2.45) is 0 Å². The molecule has 0 bridgehead atoms. The number of aliphatic carboxylic acids is 1. The molecule has 6 heteroatoms. The molecule has 0 saturated carbocycles. The van der Waals surface area contributed by atoms with Crippen LogP contribution in [0.15, 0.2) is 36.4 Å². The van der Waals surface area contributed by atoms with E-state index in [1.165, 1.54) is 0 Å². The maximum atomic E-state index is 12.2. The fourth-order valence-electron chi connectivity index (χ4n) is 2.59. The van der Waals surface area contributed by atoms with E-state index in [0.717, 1.165) is 15.3 Å². The van der Waals surface area contributed by atoms with Crippen LogP contribution in [0.4, 0.5) is 0 Å². The van der Waals surface area contributed by atoms with E-state index < -0.39 is 17.9 Å². The van der Waals surface area contributed by atoms with Gasteiger partial charge in [0.25, 0.3) is 0 Å². The van der Waals surface area contributed by atoms with Gasteiger partial charge in [-0.2, -0.15) is 0 Å². The molecule has 0 aliphatic rings. The number of nitrogens with one attached hydrogen (secondary N) is 1. The molecule has 0 aliphatic carbocycles. The van der Waals surface area contributed by atoms with Crippen molar-refractivity contribution < 1.29 is 19.5 Å². The Balaban J connectivity index is 1.90. The Morgan fingerprint density at radius 3 is 2.36 bits per heavy atom. The minimum absolute atomic E-state index is 0.0221. The molecule has 5 nitrogen and oxygen atoms in total. The zero-order valence-electron chi connectivity index (χ0n) is 14.2. The van der Waals surface area contributed by atoms with Gasteiger partial charge in [0, 0.05) is 34.6 Å². The molecule has 2 N–H and O–H groups in total. The smallest absolute Gasteiger partial charge is 0.326 e. The first-order valence-corrected chi connectivity index (χ1v) is 8.85. The van der Waals surface area contributed by atoms with E-state index in [1.54, 1.807) is 11.3 Å². The molecular weight excluding hydrogens is 338 g/mol. The SMILES string of the molecule is Cc1cc(C(=O)CCC(=O)N[C@H](Cc2ccccc2)C(=O)O)c(C)s1. The first-order valence-electron chi connectivity index (χ1n) is 8.03. The first-order chi connectivity index (χ1) is 11.9. The highest BCUT2D eigenvalue weighted by Gasteiger charge is 2.21. The van der Waals surface area contributed by atoms with Gasteiger partial charge in [0.15, 0.2) is 5.78 Å². The van der Waals surface area contributed by atoms with E-state index in [9.17, 15) is 19.5 Å². The van der Waals surface area contributed by atoms with E-state index in [1.807, 2.05) is 50.2 Å². The van der Waals surface area contributed by atoms with Crippen molar-refractivity contribution in [2.75, 3.05) is 0 Å². The van der Waals surface area contributed by atoms with Gasteiger partial charge in [-0.1, -0.05) is 30.3 Å². The van der Waals surface area contributed by atoms with Crippen LogP contribution in [0.5, 0.6) is 0 Å². The van der Waals surface area contributed by atoms with Gasteiger partial charge in [-0.05, 0) is 25.5 Å². The monoisotopic (exact) mass is 359 g/mol. The second-order valence-corrected chi connectivity index (χ2v) is 7.36. The van der Waals surface area contributed by atoms with Gasteiger partial charge in [0.05, 0.1) is 0 Å². The van der Waals surface area contributed by atoms with Crippen molar-refractivity contribution >= 4 is 29.0 Å². The number of carboxylic acid groups (broad SMARTS) is 1. The lowest BCUT2D eigenvalue weighted by atomic mass is 10.0. The number of hydrogen-bond acceptors (Lipinski definition) is 4. The van der Waals surface area contributed by atoms with Crippen LogP contribution in [0.1, 0.15) is 38.5 Å². The summed E-state index contributed by atoms with van der Waals surface area (Å²) in [6.45, 7) is 3.81. The maximum absolute atomic E-state index is 12.2. The number of ketones is 1. The van der Waals surface area contributed by atoms with Gasteiger partial charge < -0.3 is 10.4 Å². The average Bonchev–Trinajstić information content (AvgIpc) is 2.91. The molecule has 0 saturated heterocycles. The summed E-state index contributed by atoms with van der Waals surface area (Å²) < 4.78 is 0. The number of carboxylic acids is 1. The highest BCUT2D eigenvalue weighted by Crippen LogP contribution is 2.22. The van der Waals surface area contributed by atoms with Crippen LogP contribution in [-0.2, 0) is 16.0 Å². The quantitative estimate of drug-likeness (QED) is 0.709. The van der Waals surface area contributed by atoms with Crippen molar-refractivity contribution in [3.8, 4) is 0 Å². The third kappa shape index (κ3) is 5.53. The Labute approximate surface area is 150 Å². The van der Waals surface area contributed by atoms with Crippen molar-refractivity contribution in [1.82, 2.24) is 5.32 Å². The van der Waals surface area contributed by atoms with E-state index in [2.05, 4.69) is 5.32 Å². The lowest BCUT2D eigenvalue weighted by Gasteiger charge is -2.14. The first kappa shape index (κ1) is 18.9. The molecule has 0 aliphatic heterocycles. The van der Waals surface area contributed by atoms with Gasteiger partial charge >= 0.3 is 5.97 Å². The fraction of sp³-hybridized carbons (Fsp3) is 0.316. The van der Waals surface area contributed by atoms with Gasteiger partial charge in [0.1, 0.15) is 6.04 Å². The number of aryl methyl sites for hydroxylation is 2. The van der Waals surface area contributed by atoms with Crippen LogP contribution < -0.4 is 5.32 Å². The Morgan fingerprint density at radius 2 is 1.80 bits per heavy atom. The molecule has 2 aromatic rings. The maximum Gasteiger partial charge on any atom is 0.326 e. The Hall–Kier alpha value is -2.47. The number of Topliss-reactive ketones (excluding diaryl/α,β-unsaturated/α-hetero) is 1. The van der Waals surface area contributed by atoms with Gasteiger partial charge in [-0.25, -0.2) is 4.79 Å². The van der Waals surface area contributed by atoms with E-state index >= 15 is 0 Å². The molecule has 0 unspecified atom stereocenters. The zero-order chi connectivity index (χ0) is 18.4. The number of hydrogen-bond donors (Lipinski definition) is 2. The molecule has 1 atom stereocenters. The summed E-state index contributed by atoms with van der Waals surface area (Å²) in [7, 11) is 0. The van der Waals surface area contributed by atoms with Crippen molar-refractivity contribution in [3.05, 3.63) is 57.3 Å². The third-order valence-corrected chi connectivity index (χ3v) is 4.80. The van der Waals surface area contributed by atoms with E-state index in [4.69, 9.17) is 0 Å². The number of amides is 1. The fourth-order valence-corrected chi connectivity index (χ4v) is 3.53. The van der Waals surface area contributed by atoms with Crippen molar-refractivity contribution in [2.45, 2.75) is 39.2 Å². The molecule has 1 aromatic heterocycles. The second-order valence-electron chi connectivity index (χ2n) is 5.90. The molecule has 2 rings (SSSR count). The third-order valence-electron chi connectivity index (χ3n) is 3.84. The highest BCUT2D eigenvalue weighted by molar-refractivity contribution is 7.12. The molecule has 0 radical (unpaired) electrons. The molecule has 25 heavy (non-hydrogen) atoms. The molecule has 1 amide bonds. The Morgan fingerprint density at radius 1 is 1.12 bits per heavy atom. The van der Waals surface area contributed by atoms with Gasteiger partial charge in [-0.3, -0.25) is 9.59 Å². The Bertz CT molecular complexity index is 767. The number of carbonyl (C=O) groups is 3. The van der Waals surface area contributed by atoms with Gasteiger partial charge in [-0.15, -0.1) is 11.3 Å². The average molecular weight is 359 g/mol. The van der Waals surface area contributed by atoms with Crippen molar-refractivity contribution in [1.29, 1.82) is 0 Å². The second kappa shape index (κ2) is 8.58. The summed E-state index contributed by atoms with van der Waals surface area (Å²) in [5, 5.41) is 11.8. The topological polar surface area (TPSA) is 83.5 Å². The van der Waals surface area contributed by atoms with E-state index in [-0.39, 0.29) is 25.0 Å². The summed E-state index contributed by atoms with van der Waals surface area (Å²) in [6.07, 6.45) is 0.255.